The van der Waals surface area contributed by atoms with E-state index in [1.807, 2.05) is 21.1 Å². The van der Waals surface area contributed by atoms with Crippen molar-refractivity contribution < 1.29 is 42.1 Å². The van der Waals surface area contributed by atoms with Gasteiger partial charge in [0.1, 0.15) is 19.8 Å². The van der Waals surface area contributed by atoms with Gasteiger partial charge in [0.15, 0.2) is 6.10 Å². The second-order valence-corrected chi connectivity index (χ2v) is 22.1. The maximum absolute atomic E-state index is 12.8. The lowest BCUT2D eigenvalue weighted by Gasteiger charge is -2.24. The van der Waals surface area contributed by atoms with E-state index in [1.165, 1.54) is 70.6 Å². The van der Waals surface area contributed by atoms with E-state index in [4.69, 9.17) is 18.5 Å². The number of hydrogen-bond acceptors (Lipinski definition) is 7. The predicted molar refractivity (Wildman–Crippen MR) is 321 cm³/mol. The molecular formula is C65H111NO8P+. The van der Waals surface area contributed by atoms with Crippen LogP contribution in [0.4, 0.5) is 0 Å². The molecule has 0 aliphatic heterocycles. The molecule has 2 atom stereocenters. The number of unbranched alkanes of at least 4 members (excludes halogenated alkanes) is 19. The summed E-state index contributed by atoms with van der Waals surface area (Å²) in [7, 11) is 1.45. The SMILES string of the molecule is CC/C=C\C/C=C\C/C=C\C/C=C\C/C=C\C/C=C\C/C=C\C/C=C\C/C=C\C/C=C\CCCCCCCCC(=O)OC(COC(=O)CCCCCCCCCCCCCCCC)COP(=O)(O)OCC[N+](C)(C)C. The van der Waals surface area contributed by atoms with Gasteiger partial charge in [-0.2, -0.15) is 0 Å². The summed E-state index contributed by atoms with van der Waals surface area (Å²) < 4.78 is 34.5. The number of allylic oxidation sites excluding steroid dienone is 20. The van der Waals surface area contributed by atoms with Crippen molar-refractivity contribution in [2.45, 2.75) is 232 Å². The highest BCUT2D eigenvalue weighted by Crippen LogP contribution is 2.43. The smallest absolute Gasteiger partial charge is 0.462 e. The van der Waals surface area contributed by atoms with Crippen LogP contribution in [-0.2, 0) is 32.7 Å². The van der Waals surface area contributed by atoms with Crippen molar-refractivity contribution >= 4 is 19.8 Å². The number of esters is 2. The zero-order chi connectivity index (χ0) is 54.9. The van der Waals surface area contributed by atoms with Crippen LogP contribution >= 0.6 is 7.82 Å². The normalized spacial score (nSPS) is 14.2. The highest BCUT2D eigenvalue weighted by atomic mass is 31.2. The van der Waals surface area contributed by atoms with Gasteiger partial charge in [-0.15, -0.1) is 0 Å². The van der Waals surface area contributed by atoms with E-state index in [0.717, 1.165) is 122 Å². The summed E-state index contributed by atoms with van der Waals surface area (Å²) in [6, 6.07) is 0. The van der Waals surface area contributed by atoms with Gasteiger partial charge < -0.3 is 18.9 Å². The number of carbonyl (C=O) groups excluding carboxylic acids is 2. The molecule has 0 rings (SSSR count). The fourth-order valence-corrected chi connectivity index (χ4v) is 8.43. The Labute approximate surface area is 460 Å². The Balaban J connectivity index is 4.17. The van der Waals surface area contributed by atoms with Crippen molar-refractivity contribution in [3.05, 3.63) is 122 Å². The fourth-order valence-electron chi connectivity index (χ4n) is 7.69. The number of likely N-dealkylation sites (N-methyl/N-ethyl adjacent to an activating group) is 1. The molecule has 0 saturated carbocycles. The third kappa shape index (κ3) is 59.5. The molecule has 9 nitrogen and oxygen atoms in total. The third-order valence-electron chi connectivity index (χ3n) is 12.3. The molecule has 0 radical (unpaired) electrons. The summed E-state index contributed by atoms with van der Waals surface area (Å²) >= 11 is 0. The highest BCUT2D eigenvalue weighted by Gasteiger charge is 2.27. The molecule has 0 aromatic rings. The van der Waals surface area contributed by atoms with E-state index in [0.29, 0.717) is 17.4 Å². The molecule has 0 aromatic heterocycles. The number of rotatable bonds is 53. The van der Waals surface area contributed by atoms with Gasteiger partial charge in [-0.25, -0.2) is 4.57 Å². The number of carbonyl (C=O) groups is 2. The summed E-state index contributed by atoms with van der Waals surface area (Å²) in [6.45, 7) is 4.29. The van der Waals surface area contributed by atoms with Crippen LogP contribution in [0, 0.1) is 0 Å². The van der Waals surface area contributed by atoms with Crippen LogP contribution in [0.15, 0.2) is 122 Å². The van der Waals surface area contributed by atoms with Gasteiger partial charge in [0.2, 0.25) is 0 Å². The number of hydrogen-bond donors (Lipinski definition) is 1. The molecule has 0 aromatic carbocycles. The first-order valence-corrected chi connectivity index (χ1v) is 31.3. The van der Waals surface area contributed by atoms with Gasteiger partial charge in [0.25, 0.3) is 0 Å². The second-order valence-electron chi connectivity index (χ2n) is 20.7. The molecule has 428 valence electrons. The Morgan fingerprint density at radius 2 is 0.760 bits per heavy atom. The number of ether oxygens (including phenoxy) is 2. The van der Waals surface area contributed by atoms with E-state index in [9.17, 15) is 19.0 Å². The first kappa shape index (κ1) is 71.4. The second kappa shape index (κ2) is 55.2. The van der Waals surface area contributed by atoms with Crippen molar-refractivity contribution in [3.63, 3.8) is 0 Å². The average molecular weight is 1070 g/mol. The van der Waals surface area contributed by atoms with Crippen molar-refractivity contribution in [2.24, 2.45) is 0 Å². The molecule has 75 heavy (non-hydrogen) atoms. The Morgan fingerprint density at radius 1 is 0.427 bits per heavy atom. The summed E-state index contributed by atoms with van der Waals surface area (Å²) in [6.07, 6.45) is 78.4. The molecule has 0 saturated heterocycles. The lowest BCUT2D eigenvalue weighted by atomic mass is 10.0. The van der Waals surface area contributed by atoms with Gasteiger partial charge in [0, 0.05) is 12.8 Å². The molecule has 10 heteroatoms. The van der Waals surface area contributed by atoms with Crippen LogP contribution in [0.5, 0.6) is 0 Å². The van der Waals surface area contributed by atoms with Crippen molar-refractivity contribution in [3.8, 4) is 0 Å². The predicted octanol–water partition coefficient (Wildman–Crippen LogP) is 18.8. The van der Waals surface area contributed by atoms with Crippen LogP contribution in [-0.4, -0.2) is 74.9 Å². The number of phosphoric ester groups is 1. The lowest BCUT2D eigenvalue weighted by Crippen LogP contribution is -2.37. The Morgan fingerprint density at radius 3 is 1.13 bits per heavy atom. The molecule has 1 N–H and O–H groups in total. The van der Waals surface area contributed by atoms with Gasteiger partial charge in [-0.05, 0) is 89.9 Å². The average Bonchev–Trinajstić information content (AvgIpc) is 3.37. The van der Waals surface area contributed by atoms with Crippen molar-refractivity contribution in [1.82, 2.24) is 0 Å². The third-order valence-corrected chi connectivity index (χ3v) is 13.2. The van der Waals surface area contributed by atoms with Crippen molar-refractivity contribution in [2.75, 3.05) is 47.5 Å². The number of nitrogens with zero attached hydrogens (tertiary/aromatic N) is 1. The van der Waals surface area contributed by atoms with Gasteiger partial charge in [-0.1, -0.05) is 245 Å². The molecule has 0 amide bonds. The van der Waals surface area contributed by atoms with Crippen LogP contribution in [0.3, 0.4) is 0 Å². The molecule has 0 aliphatic carbocycles. The molecule has 0 spiro atoms. The molecule has 0 aliphatic rings. The quantitative estimate of drug-likeness (QED) is 0.0211. The summed E-state index contributed by atoms with van der Waals surface area (Å²) in [5.74, 6) is -0.818. The Hall–Kier alpha value is -3.59. The largest absolute Gasteiger partial charge is 0.472 e. The molecule has 0 bridgehead atoms. The zero-order valence-electron chi connectivity index (χ0n) is 48.5. The van der Waals surface area contributed by atoms with E-state index in [-0.39, 0.29) is 32.0 Å². The van der Waals surface area contributed by atoms with Crippen molar-refractivity contribution in [1.29, 1.82) is 0 Å². The van der Waals surface area contributed by atoms with Gasteiger partial charge in [0.05, 0.1) is 27.7 Å². The maximum Gasteiger partial charge on any atom is 0.472 e. The van der Waals surface area contributed by atoms with E-state index < -0.39 is 26.5 Å². The summed E-state index contributed by atoms with van der Waals surface area (Å²) in [5.41, 5.74) is 0. The summed E-state index contributed by atoms with van der Waals surface area (Å²) in [4.78, 5) is 35.6. The lowest BCUT2D eigenvalue weighted by molar-refractivity contribution is -0.870. The van der Waals surface area contributed by atoms with Crippen LogP contribution < -0.4 is 0 Å². The van der Waals surface area contributed by atoms with E-state index in [2.05, 4.69) is 135 Å². The topological polar surface area (TPSA) is 108 Å². The first-order chi connectivity index (χ1) is 36.5. The fraction of sp³-hybridized carbons (Fsp3) is 0.662. The Kier molecular flexibility index (Phi) is 52.5. The van der Waals surface area contributed by atoms with Gasteiger partial charge >= 0.3 is 19.8 Å². The Bertz CT molecular complexity index is 1680. The zero-order valence-corrected chi connectivity index (χ0v) is 49.4. The first-order valence-electron chi connectivity index (χ1n) is 29.8. The standard InChI is InChI=1S/C65H110NO8P/c1-6-8-10-12-14-16-18-20-22-23-24-25-26-27-28-29-30-31-32-33-34-35-36-37-38-39-40-41-42-43-44-46-48-50-52-54-56-58-65(68)74-63(62-73-75(69,70)72-60-59-66(3,4)5)61-71-64(67)57-55-53-51-49-47-45-21-19-17-15-13-11-9-7-2/h8,10,14,16,20,22,24-25,27-28,30-31,33-34,36-37,39-40,42-43,63H,6-7,9,11-13,15,17-19,21,23,26,29,32,35,38,41,44-62H2,1-5H3/p+1/b10-8-,16-14-,22-20-,25-24-,28-27-,31-30-,34-33-,37-36-,40-39-,43-42-. The number of phosphoric acid groups is 1. The highest BCUT2D eigenvalue weighted by molar-refractivity contribution is 7.47. The van der Waals surface area contributed by atoms with Crippen LogP contribution in [0.1, 0.15) is 226 Å². The van der Waals surface area contributed by atoms with Crippen LogP contribution in [0.25, 0.3) is 0 Å². The van der Waals surface area contributed by atoms with E-state index >= 15 is 0 Å². The minimum atomic E-state index is -4.39. The molecule has 0 heterocycles. The molecule has 0 fully saturated rings. The monoisotopic (exact) mass is 1060 g/mol. The number of quaternary nitrogens is 1. The van der Waals surface area contributed by atoms with Gasteiger partial charge in [-0.3, -0.25) is 18.6 Å². The minimum Gasteiger partial charge on any atom is -0.462 e. The van der Waals surface area contributed by atoms with Crippen LogP contribution in [0.2, 0.25) is 0 Å². The minimum absolute atomic E-state index is 0.0238. The molecular weight excluding hydrogens is 954 g/mol. The summed E-state index contributed by atoms with van der Waals surface area (Å²) in [5, 5.41) is 0. The molecule has 2 unspecified atom stereocenters. The maximum atomic E-state index is 12.8. The van der Waals surface area contributed by atoms with E-state index in [1.54, 1.807) is 0 Å².